The molecule has 0 amide bonds. The van der Waals surface area contributed by atoms with E-state index < -0.39 is 11.7 Å². The van der Waals surface area contributed by atoms with Gasteiger partial charge in [0.25, 0.3) is 0 Å². The molecule has 0 aliphatic rings. The topological polar surface area (TPSA) is 91.5 Å². The van der Waals surface area contributed by atoms with Crippen molar-refractivity contribution in [3.8, 4) is 0 Å². The fourth-order valence-corrected chi connectivity index (χ4v) is 2.36. The minimum absolute atomic E-state index is 0. The van der Waals surface area contributed by atoms with Crippen molar-refractivity contribution >= 4 is 23.7 Å². The number of rotatable bonds is 6. The van der Waals surface area contributed by atoms with E-state index in [-0.39, 0.29) is 13.9 Å². The van der Waals surface area contributed by atoms with Crippen LogP contribution >= 0.6 is 0 Å². The van der Waals surface area contributed by atoms with Gasteiger partial charge in [0.2, 0.25) is 5.95 Å². The van der Waals surface area contributed by atoms with Crippen LogP contribution in [0.25, 0.3) is 0 Å². The van der Waals surface area contributed by atoms with Gasteiger partial charge in [0.1, 0.15) is 5.82 Å². The Morgan fingerprint density at radius 2 is 2.11 bits per heavy atom. The first-order chi connectivity index (χ1) is 12.8. The van der Waals surface area contributed by atoms with E-state index in [4.69, 9.17) is 5.41 Å². The van der Waals surface area contributed by atoms with Crippen LogP contribution in [0.4, 0.5) is 30.6 Å². The van der Waals surface area contributed by atoms with Gasteiger partial charge in [-0.05, 0) is 17.7 Å². The molecule has 0 fully saturated rings. The minimum atomic E-state index is -4.40. The normalized spacial score (nSPS) is 11.3. The molecule has 0 radical (unpaired) electrons. The Bertz CT molecular complexity index is 956. The van der Waals surface area contributed by atoms with Crippen molar-refractivity contribution in [3.63, 3.8) is 0 Å². The zero-order chi connectivity index (χ0) is 19.4. The Morgan fingerprint density at radius 1 is 1.30 bits per heavy atom. The summed E-state index contributed by atoms with van der Waals surface area (Å²) in [4.78, 5) is 8.41. The minimum Gasteiger partial charge on any atom is -0.365 e. The molecule has 0 unspecified atom stereocenters. The molecule has 0 saturated carbocycles. The Kier molecular flexibility index (Phi) is 5.06. The Balaban J connectivity index is 0.00000280. The van der Waals surface area contributed by atoms with Crippen LogP contribution in [0.3, 0.4) is 0 Å². The molecule has 10 heteroatoms. The third-order valence-corrected chi connectivity index (χ3v) is 3.65. The van der Waals surface area contributed by atoms with Crippen LogP contribution in [-0.4, -0.2) is 26.0 Å². The molecule has 1 aromatic carbocycles. The van der Waals surface area contributed by atoms with Crippen LogP contribution in [0.15, 0.2) is 42.9 Å². The van der Waals surface area contributed by atoms with Crippen molar-refractivity contribution in [2.75, 3.05) is 10.6 Å². The van der Waals surface area contributed by atoms with Gasteiger partial charge in [0.05, 0.1) is 23.0 Å². The average molecular weight is 377 g/mol. The first-order valence-electron chi connectivity index (χ1n) is 7.88. The van der Waals surface area contributed by atoms with E-state index in [9.17, 15) is 13.2 Å². The summed E-state index contributed by atoms with van der Waals surface area (Å²) >= 11 is 0. The molecule has 0 aliphatic heterocycles. The summed E-state index contributed by atoms with van der Waals surface area (Å²) in [6.07, 6.45) is 1.47. The third-order valence-electron chi connectivity index (χ3n) is 3.65. The van der Waals surface area contributed by atoms with Crippen LogP contribution in [0.2, 0.25) is 0 Å². The zero-order valence-corrected chi connectivity index (χ0v) is 14.2. The highest BCUT2D eigenvalue weighted by molar-refractivity contribution is 5.84. The largest absolute Gasteiger partial charge is 0.416 e. The summed E-state index contributed by atoms with van der Waals surface area (Å²) in [6.45, 7) is 0.119. The molecule has 3 N–H and O–H groups in total. The number of nitrogens with zero attached hydrogens (tertiary/aromatic N) is 4. The van der Waals surface area contributed by atoms with Gasteiger partial charge in [-0.2, -0.15) is 23.3 Å². The van der Waals surface area contributed by atoms with E-state index in [0.29, 0.717) is 22.6 Å². The van der Waals surface area contributed by atoms with Gasteiger partial charge in [-0.25, -0.2) is 4.98 Å². The summed E-state index contributed by atoms with van der Waals surface area (Å²) in [5.41, 5.74) is 0.833. The average Bonchev–Trinajstić information content (AvgIpc) is 3.04. The third kappa shape index (κ3) is 4.60. The quantitative estimate of drug-likeness (QED) is 0.568. The van der Waals surface area contributed by atoms with Crippen LogP contribution in [0.5, 0.6) is 0 Å². The summed E-state index contributed by atoms with van der Waals surface area (Å²) in [7, 11) is 1.77. The van der Waals surface area contributed by atoms with E-state index in [1.165, 1.54) is 12.3 Å². The smallest absolute Gasteiger partial charge is 0.365 e. The van der Waals surface area contributed by atoms with Crippen LogP contribution in [-0.2, 0) is 19.8 Å². The number of anilines is 3. The number of aromatic nitrogens is 4. The predicted octanol–water partition coefficient (Wildman–Crippen LogP) is 3.83. The van der Waals surface area contributed by atoms with Crippen molar-refractivity contribution in [2.24, 2.45) is 7.05 Å². The van der Waals surface area contributed by atoms with Gasteiger partial charge in [-0.1, -0.05) is 12.1 Å². The van der Waals surface area contributed by atoms with E-state index in [1.807, 2.05) is 0 Å². The first-order valence-corrected chi connectivity index (χ1v) is 7.88. The lowest BCUT2D eigenvalue weighted by Gasteiger charge is -2.12. The number of alkyl halides is 3. The highest BCUT2D eigenvalue weighted by Gasteiger charge is 2.30. The second-order valence-electron chi connectivity index (χ2n) is 5.72. The predicted molar refractivity (Wildman–Crippen MR) is 97.3 cm³/mol. The molecule has 0 saturated heterocycles. The van der Waals surface area contributed by atoms with Gasteiger partial charge in [-0.15, -0.1) is 0 Å². The van der Waals surface area contributed by atoms with Crippen molar-refractivity contribution in [2.45, 2.75) is 12.7 Å². The highest BCUT2D eigenvalue weighted by Crippen LogP contribution is 2.29. The molecule has 0 atom stereocenters. The summed E-state index contributed by atoms with van der Waals surface area (Å²) in [6, 6.07) is 5.04. The maximum absolute atomic E-state index is 12.8. The van der Waals surface area contributed by atoms with Crippen molar-refractivity contribution in [1.29, 1.82) is 5.41 Å². The Hall–Kier alpha value is -3.43. The number of hydrogen-bond donors (Lipinski definition) is 3. The van der Waals surface area contributed by atoms with Gasteiger partial charge < -0.3 is 16.0 Å². The van der Waals surface area contributed by atoms with Gasteiger partial charge in [0, 0.05) is 33.6 Å². The molecule has 27 heavy (non-hydrogen) atoms. The fourth-order valence-electron chi connectivity index (χ4n) is 2.36. The highest BCUT2D eigenvalue weighted by atomic mass is 19.4. The summed E-state index contributed by atoms with van der Waals surface area (Å²) in [5.74, 6) is 0.615. The number of benzene rings is 1. The molecule has 0 aliphatic carbocycles. The number of halogens is 3. The number of hydrogen-bond acceptors (Lipinski definition) is 6. The van der Waals surface area contributed by atoms with Crippen LogP contribution < -0.4 is 10.6 Å². The van der Waals surface area contributed by atoms with Gasteiger partial charge in [0.15, 0.2) is 0 Å². The number of nitrogens with one attached hydrogen (secondary N) is 3. The van der Waals surface area contributed by atoms with E-state index in [0.717, 1.165) is 18.3 Å². The van der Waals surface area contributed by atoms with Crippen LogP contribution in [0, 0.1) is 5.41 Å². The lowest BCUT2D eigenvalue weighted by molar-refractivity contribution is -0.137. The zero-order valence-electron chi connectivity index (χ0n) is 14.2. The molecule has 2 aromatic heterocycles. The first kappa shape index (κ1) is 18.4. The SMILES string of the molecule is Cn1cc(Nc2ncc(C=N)c(NCc3cccc(C(F)(F)F)c3)n2)cn1.[HH]. The maximum atomic E-state index is 12.8. The summed E-state index contributed by atoms with van der Waals surface area (Å²) < 4.78 is 40.1. The fraction of sp³-hybridized carbons (Fsp3) is 0.176. The summed E-state index contributed by atoms with van der Waals surface area (Å²) in [5, 5.41) is 17.4. The lowest BCUT2D eigenvalue weighted by atomic mass is 10.1. The lowest BCUT2D eigenvalue weighted by Crippen LogP contribution is -2.09. The molecular formula is C17H18F3N7. The van der Waals surface area contributed by atoms with Crippen molar-refractivity contribution < 1.29 is 14.6 Å². The van der Waals surface area contributed by atoms with E-state index in [1.54, 1.807) is 30.2 Å². The van der Waals surface area contributed by atoms with Gasteiger partial charge in [-0.3, -0.25) is 4.68 Å². The second-order valence-corrected chi connectivity index (χ2v) is 5.72. The molecule has 142 valence electrons. The Labute approximate surface area is 154 Å². The second kappa shape index (κ2) is 7.44. The van der Waals surface area contributed by atoms with E-state index in [2.05, 4.69) is 25.7 Å². The standard InChI is InChI=1S/C17H16F3N7.H2/c1-27-10-14(9-24-27)25-16-23-8-12(6-21)15(26-16)22-7-11-3-2-4-13(5-11)17(18,19)20;/h2-6,8-10,21H,7H2,1H3,(H2,22,23,25,26);1H. The van der Waals surface area contributed by atoms with Crippen molar-refractivity contribution in [3.05, 3.63) is 59.5 Å². The molecule has 0 spiro atoms. The number of aryl methyl sites for hydroxylation is 1. The molecule has 0 bridgehead atoms. The van der Waals surface area contributed by atoms with Gasteiger partial charge >= 0.3 is 6.18 Å². The van der Waals surface area contributed by atoms with Crippen molar-refractivity contribution in [1.82, 2.24) is 19.7 Å². The Morgan fingerprint density at radius 3 is 2.78 bits per heavy atom. The molecule has 3 aromatic rings. The molecule has 2 heterocycles. The monoisotopic (exact) mass is 377 g/mol. The molecule has 3 rings (SSSR count). The van der Waals surface area contributed by atoms with E-state index >= 15 is 0 Å². The van der Waals surface area contributed by atoms with Crippen LogP contribution in [0.1, 0.15) is 18.1 Å². The molecule has 7 nitrogen and oxygen atoms in total. The molecular weight excluding hydrogens is 359 g/mol. The maximum Gasteiger partial charge on any atom is 0.416 e.